The fourth-order valence-electron chi connectivity index (χ4n) is 6.25. The maximum atomic E-state index is 13.9. The number of fused-ring (bicyclic) bond motifs is 1. The highest BCUT2D eigenvalue weighted by atomic mass is 32.2. The zero-order valence-corrected chi connectivity index (χ0v) is 22.9. The van der Waals surface area contributed by atoms with Crippen molar-refractivity contribution in [3.8, 4) is 5.75 Å². The van der Waals surface area contributed by atoms with Gasteiger partial charge in [-0.2, -0.15) is 0 Å². The lowest BCUT2D eigenvalue weighted by molar-refractivity contribution is -0.139. The number of nitrogens with one attached hydrogen (secondary N) is 2. The van der Waals surface area contributed by atoms with E-state index in [1.54, 1.807) is 16.7 Å². The molecule has 1 aromatic rings. The van der Waals surface area contributed by atoms with Crippen molar-refractivity contribution in [3.05, 3.63) is 24.3 Å². The Balaban J connectivity index is 1.53. The molecule has 1 spiro atoms. The first-order chi connectivity index (χ1) is 18.0. The Morgan fingerprint density at radius 3 is 2.57 bits per heavy atom. The number of carbonyl (C=O) groups excluding carboxylic acids is 3. The number of hydrogen-bond acceptors (Lipinski definition) is 6. The van der Waals surface area contributed by atoms with Crippen molar-refractivity contribution < 1.29 is 24.2 Å². The summed E-state index contributed by atoms with van der Waals surface area (Å²) in [7, 11) is 0. The first-order valence-corrected chi connectivity index (χ1v) is 14.7. The van der Waals surface area contributed by atoms with Crippen molar-refractivity contribution in [2.24, 2.45) is 11.8 Å². The average Bonchev–Trinajstić information content (AvgIpc) is 3.53. The van der Waals surface area contributed by atoms with E-state index in [9.17, 15) is 14.4 Å². The van der Waals surface area contributed by atoms with Crippen LogP contribution in [0.25, 0.3) is 0 Å². The van der Waals surface area contributed by atoms with Crippen LogP contribution in [0.2, 0.25) is 0 Å². The molecule has 3 amide bonds. The van der Waals surface area contributed by atoms with Crippen LogP contribution in [0.5, 0.6) is 5.75 Å². The lowest BCUT2D eigenvalue weighted by Crippen LogP contribution is -2.53. The van der Waals surface area contributed by atoms with E-state index in [0.29, 0.717) is 25.4 Å². The van der Waals surface area contributed by atoms with Crippen LogP contribution in [0.3, 0.4) is 0 Å². The summed E-state index contributed by atoms with van der Waals surface area (Å²) in [5, 5.41) is 15.2. The van der Waals surface area contributed by atoms with E-state index in [0.717, 1.165) is 57.1 Å². The zero-order chi connectivity index (χ0) is 26.4. The van der Waals surface area contributed by atoms with Gasteiger partial charge < -0.3 is 25.4 Å². The predicted molar refractivity (Wildman–Crippen MR) is 146 cm³/mol. The van der Waals surface area contributed by atoms with Crippen molar-refractivity contribution in [1.29, 1.82) is 0 Å². The van der Waals surface area contributed by atoms with Crippen LogP contribution in [0.4, 0.5) is 5.69 Å². The van der Waals surface area contributed by atoms with E-state index in [2.05, 4.69) is 17.6 Å². The molecule has 1 aromatic carbocycles. The number of nitrogens with zero attached hydrogens (tertiary/aromatic N) is 1. The zero-order valence-electron chi connectivity index (χ0n) is 22.0. The first-order valence-electron chi connectivity index (χ1n) is 13.9. The van der Waals surface area contributed by atoms with Gasteiger partial charge in [-0.15, -0.1) is 11.8 Å². The molecule has 3 N–H and O–H groups in total. The molecule has 204 valence electrons. The number of carbonyl (C=O) groups is 3. The molecule has 5 atom stereocenters. The van der Waals surface area contributed by atoms with Crippen LogP contribution in [0, 0.1) is 11.8 Å². The molecular formula is C28H41N3O5S. The van der Waals surface area contributed by atoms with E-state index in [-0.39, 0.29) is 29.6 Å². The van der Waals surface area contributed by atoms with Crippen LogP contribution in [-0.2, 0) is 14.4 Å². The van der Waals surface area contributed by atoms with Crippen molar-refractivity contribution >= 4 is 35.2 Å². The second-order valence-electron chi connectivity index (χ2n) is 10.3. The fourth-order valence-corrected chi connectivity index (χ4v) is 8.47. The summed E-state index contributed by atoms with van der Waals surface area (Å²) in [5.74, 6) is -0.481. The maximum absolute atomic E-state index is 13.9. The van der Waals surface area contributed by atoms with E-state index in [1.807, 2.05) is 31.2 Å². The van der Waals surface area contributed by atoms with Crippen LogP contribution < -0.4 is 15.4 Å². The Morgan fingerprint density at radius 2 is 1.86 bits per heavy atom. The number of aliphatic hydroxyl groups is 1. The Kier molecular flexibility index (Phi) is 9.40. The molecular weight excluding hydrogens is 490 g/mol. The van der Waals surface area contributed by atoms with Crippen molar-refractivity contribution in [1.82, 2.24) is 10.2 Å². The molecule has 3 aliphatic rings. The third kappa shape index (κ3) is 5.62. The standard InChI is InChI=1S/C28H41N3O5S/c1-3-5-16-29-26(34)24-28-15-14-21(37-28)22(23(28)27(35)31(24)17-8-6-7-9-18-32)25(33)30-19-10-12-20(13-11-19)36-4-2/h10-13,21-24,32H,3-9,14-18H2,1-2H3,(H,29,34)(H,30,33)/t21-,22+,23-,24?,28?/m0/s1. The number of thioether (sulfide) groups is 1. The first kappa shape index (κ1) is 27.8. The Morgan fingerprint density at radius 1 is 1.11 bits per heavy atom. The van der Waals surface area contributed by atoms with Crippen molar-refractivity contribution in [2.45, 2.75) is 81.3 Å². The second-order valence-corrected chi connectivity index (χ2v) is 11.9. The fraction of sp³-hybridized carbons (Fsp3) is 0.679. The molecule has 2 unspecified atom stereocenters. The van der Waals surface area contributed by atoms with Crippen molar-refractivity contribution in [3.63, 3.8) is 0 Å². The number of rotatable bonds is 14. The van der Waals surface area contributed by atoms with Gasteiger partial charge in [0.2, 0.25) is 17.7 Å². The molecule has 3 fully saturated rings. The predicted octanol–water partition coefficient (Wildman–Crippen LogP) is 3.58. The third-order valence-electron chi connectivity index (χ3n) is 7.92. The molecule has 37 heavy (non-hydrogen) atoms. The summed E-state index contributed by atoms with van der Waals surface area (Å²) >= 11 is 1.70. The van der Waals surface area contributed by atoms with Gasteiger partial charge in [-0.05, 0) is 63.3 Å². The van der Waals surface area contributed by atoms with E-state index < -0.39 is 22.6 Å². The van der Waals surface area contributed by atoms with Crippen LogP contribution in [0.1, 0.15) is 65.2 Å². The number of aliphatic hydroxyl groups excluding tert-OH is 1. The summed E-state index contributed by atoms with van der Waals surface area (Å²) in [5.41, 5.74) is 0.676. The lowest BCUT2D eigenvalue weighted by Gasteiger charge is -2.34. The number of hydrogen-bond donors (Lipinski definition) is 3. The Hall–Kier alpha value is -2.26. The Bertz CT molecular complexity index is 958. The monoisotopic (exact) mass is 531 g/mol. The minimum absolute atomic E-state index is 0.0364. The largest absolute Gasteiger partial charge is 0.494 e. The minimum Gasteiger partial charge on any atom is -0.494 e. The highest BCUT2D eigenvalue weighted by Crippen LogP contribution is 2.66. The normalized spacial score (nSPS) is 27.9. The number of anilines is 1. The van der Waals surface area contributed by atoms with Gasteiger partial charge in [0.1, 0.15) is 11.8 Å². The molecule has 9 heteroatoms. The topological polar surface area (TPSA) is 108 Å². The number of ether oxygens (including phenoxy) is 1. The van der Waals surface area contributed by atoms with Crippen LogP contribution in [0.15, 0.2) is 24.3 Å². The third-order valence-corrected chi connectivity index (χ3v) is 9.87. The highest BCUT2D eigenvalue weighted by molar-refractivity contribution is 8.02. The summed E-state index contributed by atoms with van der Waals surface area (Å²) < 4.78 is 4.94. The van der Waals surface area contributed by atoms with Crippen LogP contribution >= 0.6 is 11.8 Å². The Labute approximate surface area is 224 Å². The molecule has 2 bridgehead atoms. The van der Waals surface area contributed by atoms with Gasteiger partial charge in [0.25, 0.3) is 0 Å². The lowest BCUT2D eigenvalue weighted by atomic mass is 9.70. The second kappa shape index (κ2) is 12.5. The van der Waals surface area contributed by atoms with Crippen molar-refractivity contribution in [2.75, 3.05) is 31.6 Å². The molecule has 0 saturated carbocycles. The van der Waals surface area contributed by atoms with E-state index >= 15 is 0 Å². The molecule has 4 rings (SSSR count). The molecule has 3 heterocycles. The van der Waals surface area contributed by atoms with Gasteiger partial charge >= 0.3 is 0 Å². The smallest absolute Gasteiger partial charge is 0.244 e. The van der Waals surface area contributed by atoms with Gasteiger partial charge in [0, 0.05) is 30.6 Å². The number of unbranched alkanes of at least 4 members (excludes halogenated alkanes) is 4. The molecule has 3 saturated heterocycles. The van der Waals surface area contributed by atoms with E-state index in [1.165, 1.54) is 0 Å². The maximum Gasteiger partial charge on any atom is 0.244 e. The van der Waals surface area contributed by atoms with Gasteiger partial charge in [-0.25, -0.2) is 0 Å². The average molecular weight is 532 g/mol. The summed E-state index contributed by atoms with van der Waals surface area (Å²) in [6, 6.07) is 6.74. The molecule has 0 aromatic heterocycles. The molecule has 8 nitrogen and oxygen atoms in total. The number of amides is 3. The summed E-state index contributed by atoms with van der Waals surface area (Å²) in [6.07, 6.45) is 6.80. The highest BCUT2D eigenvalue weighted by Gasteiger charge is 2.73. The van der Waals surface area contributed by atoms with Gasteiger partial charge in [-0.1, -0.05) is 26.2 Å². The summed E-state index contributed by atoms with van der Waals surface area (Å²) in [4.78, 5) is 42.8. The quantitative estimate of drug-likeness (QED) is 0.317. The minimum atomic E-state index is -0.552. The van der Waals surface area contributed by atoms with Crippen LogP contribution in [-0.4, -0.2) is 70.1 Å². The number of benzene rings is 1. The molecule has 3 aliphatic heterocycles. The summed E-state index contributed by atoms with van der Waals surface area (Å²) in [6.45, 7) is 5.85. The number of likely N-dealkylation sites (tertiary alicyclic amines) is 1. The van der Waals surface area contributed by atoms with Gasteiger partial charge in [0.15, 0.2) is 0 Å². The van der Waals surface area contributed by atoms with Gasteiger partial charge in [-0.3, -0.25) is 14.4 Å². The molecule has 0 aliphatic carbocycles. The SMILES string of the molecule is CCCCNC(=O)C1N(CCCCCCO)C(=O)[C@@H]2[C@H](C(=O)Nc3ccc(OCC)cc3)[C@@H]3CCC12S3. The van der Waals surface area contributed by atoms with Gasteiger partial charge in [0.05, 0.1) is 23.2 Å². The molecule has 0 radical (unpaired) electrons. The van der Waals surface area contributed by atoms with E-state index in [4.69, 9.17) is 9.84 Å².